The van der Waals surface area contributed by atoms with Gasteiger partial charge in [-0.15, -0.1) is 0 Å². The largest absolute Gasteiger partial charge is 0.353 e. The van der Waals surface area contributed by atoms with Crippen molar-refractivity contribution in [2.75, 3.05) is 6.54 Å². The smallest absolute Gasteiger partial charge is 0.243 e. The predicted molar refractivity (Wildman–Crippen MR) is 87.7 cm³/mol. The van der Waals surface area contributed by atoms with Gasteiger partial charge in [-0.05, 0) is 44.0 Å². The highest BCUT2D eigenvalue weighted by atomic mass is 32.2. The minimum Gasteiger partial charge on any atom is -0.353 e. The monoisotopic (exact) mass is 332 g/mol. The number of benzene rings is 1. The van der Waals surface area contributed by atoms with E-state index in [0.29, 0.717) is 12.1 Å². The van der Waals surface area contributed by atoms with Crippen LogP contribution in [0.5, 0.6) is 0 Å². The molecule has 1 atom stereocenters. The molecular formula is C17H20N2O3S. The first-order chi connectivity index (χ1) is 10.9. The SMILES string of the molecule is CC(=O)c1ccc(S(=O)(=O)N2CCC[C@H]2c2cccn2C)cc1. The number of carbonyl (C=O) groups excluding carboxylic acids is 1. The highest BCUT2D eigenvalue weighted by Gasteiger charge is 2.37. The van der Waals surface area contributed by atoms with Crippen LogP contribution in [0, 0.1) is 0 Å². The first kappa shape index (κ1) is 16.0. The van der Waals surface area contributed by atoms with E-state index in [-0.39, 0.29) is 16.7 Å². The highest BCUT2D eigenvalue weighted by molar-refractivity contribution is 7.89. The molecule has 0 bridgehead atoms. The molecule has 0 saturated carbocycles. The van der Waals surface area contributed by atoms with E-state index in [0.717, 1.165) is 18.5 Å². The van der Waals surface area contributed by atoms with Gasteiger partial charge in [0.25, 0.3) is 0 Å². The van der Waals surface area contributed by atoms with Gasteiger partial charge in [0.1, 0.15) is 0 Å². The maximum Gasteiger partial charge on any atom is 0.243 e. The Labute approximate surface area is 136 Å². The van der Waals surface area contributed by atoms with Gasteiger partial charge in [-0.25, -0.2) is 8.42 Å². The van der Waals surface area contributed by atoms with Gasteiger partial charge in [0.15, 0.2) is 5.78 Å². The van der Waals surface area contributed by atoms with E-state index >= 15 is 0 Å². The summed E-state index contributed by atoms with van der Waals surface area (Å²) in [4.78, 5) is 11.6. The second-order valence-corrected chi connectivity index (χ2v) is 7.79. The molecule has 0 aliphatic carbocycles. The standard InChI is InChI=1S/C17H20N2O3S/c1-13(20)14-7-9-15(10-8-14)23(21,22)19-12-4-6-17(19)16-5-3-11-18(16)2/h3,5,7-11,17H,4,6,12H2,1-2H3/t17-/m0/s1. The number of rotatable bonds is 4. The van der Waals surface area contributed by atoms with E-state index in [2.05, 4.69) is 0 Å². The van der Waals surface area contributed by atoms with Crippen LogP contribution in [0.4, 0.5) is 0 Å². The van der Waals surface area contributed by atoms with Gasteiger partial charge in [0, 0.05) is 31.0 Å². The van der Waals surface area contributed by atoms with E-state index in [9.17, 15) is 13.2 Å². The summed E-state index contributed by atoms with van der Waals surface area (Å²) in [5.74, 6) is -0.0724. The van der Waals surface area contributed by atoms with Crippen molar-refractivity contribution in [2.24, 2.45) is 7.05 Å². The minimum absolute atomic E-state index is 0.0724. The highest BCUT2D eigenvalue weighted by Crippen LogP contribution is 2.36. The maximum absolute atomic E-state index is 13.0. The van der Waals surface area contributed by atoms with Crippen molar-refractivity contribution in [3.8, 4) is 0 Å². The second-order valence-electron chi connectivity index (χ2n) is 5.90. The van der Waals surface area contributed by atoms with Crippen LogP contribution in [-0.4, -0.2) is 29.6 Å². The molecule has 0 N–H and O–H groups in total. The average molecular weight is 332 g/mol. The first-order valence-corrected chi connectivity index (χ1v) is 9.09. The summed E-state index contributed by atoms with van der Waals surface area (Å²) in [7, 11) is -1.63. The number of hydrogen-bond acceptors (Lipinski definition) is 3. The zero-order valence-electron chi connectivity index (χ0n) is 13.3. The lowest BCUT2D eigenvalue weighted by atomic mass is 10.1. The summed E-state index contributed by atoms with van der Waals surface area (Å²) >= 11 is 0. The molecule has 0 spiro atoms. The Morgan fingerprint density at radius 2 is 1.87 bits per heavy atom. The molecule has 1 aromatic heterocycles. The van der Waals surface area contributed by atoms with Crippen molar-refractivity contribution in [1.82, 2.24) is 8.87 Å². The number of nitrogens with zero attached hydrogens (tertiary/aromatic N) is 2. The Bertz CT molecular complexity index is 822. The maximum atomic E-state index is 13.0. The fourth-order valence-electron chi connectivity index (χ4n) is 3.14. The summed E-state index contributed by atoms with van der Waals surface area (Å²) in [5, 5.41) is 0. The molecule has 1 saturated heterocycles. The second kappa shape index (κ2) is 5.94. The summed E-state index contributed by atoms with van der Waals surface area (Å²) in [6.45, 7) is 1.99. The molecule has 1 aliphatic heterocycles. The molecule has 122 valence electrons. The molecule has 3 rings (SSSR count). The fourth-order valence-corrected chi connectivity index (χ4v) is 4.81. The quantitative estimate of drug-likeness (QED) is 0.809. The van der Waals surface area contributed by atoms with Gasteiger partial charge in [-0.1, -0.05) is 12.1 Å². The van der Waals surface area contributed by atoms with Crippen LogP contribution >= 0.6 is 0 Å². The first-order valence-electron chi connectivity index (χ1n) is 7.65. The third-order valence-electron chi connectivity index (χ3n) is 4.40. The third-order valence-corrected chi connectivity index (χ3v) is 6.32. The van der Waals surface area contributed by atoms with Crippen LogP contribution in [0.1, 0.15) is 41.9 Å². The van der Waals surface area contributed by atoms with Crippen molar-refractivity contribution in [2.45, 2.75) is 30.7 Å². The average Bonchev–Trinajstić information content (AvgIpc) is 3.15. The predicted octanol–water partition coefficient (Wildman–Crippen LogP) is 2.75. The van der Waals surface area contributed by atoms with E-state index in [1.165, 1.54) is 19.1 Å². The van der Waals surface area contributed by atoms with Crippen molar-refractivity contribution >= 4 is 15.8 Å². The van der Waals surface area contributed by atoms with E-state index in [1.54, 1.807) is 16.4 Å². The number of Topliss-reactive ketones (excluding diaryl/α,β-unsaturated/α-hetero) is 1. The minimum atomic E-state index is -3.56. The van der Waals surface area contributed by atoms with Gasteiger partial charge in [0.05, 0.1) is 10.9 Å². The number of aromatic nitrogens is 1. The molecule has 1 aromatic carbocycles. The lowest BCUT2D eigenvalue weighted by Crippen LogP contribution is -2.31. The summed E-state index contributed by atoms with van der Waals surface area (Å²) in [5.41, 5.74) is 1.52. The normalized spacial score (nSPS) is 19.1. The van der Waals surface area contributed by atoms with Crippen molar-refractivity contribution in [3.63, 3.8) is 0 Å². The van der Waals surface area contributed by atoms with Crippen LogP contribution in [0.25, 0.3) is 0 Å². The Balaban J connectivity index is 1.95. The Kier molecular flexibility index (Phi) is 4.12. The van der Waals surface area contributed by atoms with E-state index in [4.69, 9.17) is 0 Å². The van der Waals surface area contributed by atoms with Crippen LogP contribution in [-0.2, 0) is 17.1 Å². The zero-order chi connectivity index (χ0) is 16.6. The fraction of sp³-hybridized carbons (Fsp3) is 0.353. The van der Waals surface area contributed by atoms with Gasteiger partial charge in [-0.3, -0.25) is 4.79 Å². The summed E-state index contributed by atoms with van der Waals surface area (Å²) in [6, 6.07) is 9.95. The van der Waals surface area contributed by atoms with E-state index in [1.807, 2.05) is 29.9 Å². The summed E-state index contributed by atoms with van der Waals surface area (Å²) < 4.78 is 29.5. The van der Waals surface area contributed by atoms with Gasteiger partial charge in [0.2, 0.25) is 10.0 Å². The lowest BCUT2D eigenvalue weighted by Gasteiger charge is -2.24. The molecule has 0 amide bonds. The van der Waals surface area contributed by atoms with Gasteiger partial charge < -0.3 is 4.57 Å². The van der Waals surface area contributed by atoms with Crippen molar-refractivity contribution in [3.05, 3.63) is 53.9 Å². The molecule has 5 nitrogen and oxygen atoms in total. The molecule has 0 unspecified atom stereocenters. The van der Waals surface area contributed by atoms with Gasteiger partial charge in [-0.2, -0.15) is 4.31 Å². The molecule has 6 heteroatoms. The molecule has 1 fully saturated rings. The van der Waals surface area contributed by atoms with Crippen LogP contribution in [0.15, 0.2) is 47.5 Å². The zero-order valence-corrected chi connectivity index (χ0v) is 14.1. The van der Waals surface area contributed by atoms with Crippen LogP contribution in [0.3, 0.4) is 0 Å². The Hall–Kier alpha value is -1.92. The molecule has 1 aliphatic rings. The Morgan fingerprint density at radius 1 is 1.17 bits per heavy atom. The molecule has 2 heterocycles. The van der Waals surface area contributed by atoms with Crippen LogP contribution < -0.4 is 0 Å². The summed E-state index contributed by atoms with van der Waals surface area (Å²) in [6.07, 6.45) is 3.60. The Morgan fingerprint density at radius 3 is 2.43 bits per heavy atom. The number of carbonyl (C=O) groups is 1. The van der Waals surface area contributed by atoms with Crippen molar-refractivity contribution < 1.29 is 13.2 Å². The number of ketones is 1. The molecule has 0 radical (unpaired) electrons. The molecular weight excluding hydrogens is 312 g/mol. The van der Waals surface area contributed by atoms with Gasteiger partial charge >= 0.3 is 0 Å². The lowest BCUT2D eigenvalue weighted by molar-refractivity contribution is 0.101. The van der Waals surface area contributed by atoms with Crippen LogP contribution in [0.2, 0.25) is 0 Å². The van der Waals surface area contributed by atoms with Crippen molar-refractivity contribution in [1.29, 1.82) is 0 Å². The number of aryl methyl sites for hydroxylation is 1. The molecule has 23 heavy (non-hydrogen) atoms. The third kappa shape index (κ3) is 2.84. The number of sulfonamides is 1. The topological polar surface area (TPSA) is 59.4 Å². The molecule has 2 aromatic rings. The van der Waals surface area contributed by atoms with E-state index < -0.39 is 10.0 Å². The number of hydrogen-bond donors (Lipinski definition) is 0.